The predicted octanol–water partition coefficient (Wildman–Crippen LogP) is 5.62. The van der Waals surface area contributed by atoms with Crippen LogP contribution in [0.5, 0.6) is 0 Å². The monoisotopic (exact) mass is 373 g/mol. The van der Waals surface area contributed by atoms with Crippen molar-refractivity contribution in [2.75, 3.05) is 11.5 Å². The highest BCUT2D eigenvalue weighted by atomic mass is 16.5. The van der Waals surface area contributed by atoms with Crippen molar-refractivity contribution >= 4 is 23.3 Å². The molecule has 142 valence electrons. The Kier molecular flexibility index (Phi) is 6.58. The van der Waals surface area contributed by atoms with Crippen LogP contribution < -0.4 is 4.90 Å². The smallest absolute Gasteiger partial charge is 0.338 e. The Bertz CT molecular complexity index is 866. The Morgan fingerprint density at radius 2 is 1.25 bits per heavy atom. The second kappa shape index (κ2) is 9.51. The van der Waals surface area contributed by atoms with E-state index in [9.17, 15) is 9.59 Å². The summed E-state index contributed by atoms with van der Waals surface area (Å²) >= 11 is 0. The Morgan fingerprint density at radius 1 is 0.750 bits per heavy atom. The van der Waals surface area contributed by atoms with Gasteiger partial charge in [0.2, 0.25) is 0 Å². The Hall–Kier alpha value is -3.40. The topological polar surface area (TPSA) is 46.6 Å². The number of ether oxygens (including phenoxy) is 1. The van der Waals surface area contributed by atoms with Gasteiger partial charge in [-0.2, -0.15) is 0 Å². The summed E-state index contributed by atoms with van der Waals surface area (Å²) in [7, 11) is 0. The standard InChI is InChI=1S/C24H23NO3/c1-2-3-18-28-24(27)20-16-14-19(15-17-20)23(26)25(21-10-6-4-7-11-21)22-12-8-5-9-13-22/h4-17H,2-3,18H2,1H3. The molecule has 1 amide bonds. The van der Waals surface area contributed by atoms with E-state index in [1.54, 1.807) is 29.2 Å². The summed E-state index contributed by atoms with van der Waals surface area (Å²) < 4.78 is 5.22. The molecule has 3 rings (SSSR count). The summed E-state index contributed by atoms with van der Waals surface area (Å²) in [5, 5.41) is 0. The molecule has 0 saturated carbocycles. The zero-order valence-corrected chi connectivity index (χ0v) is 15.9. The molecule has 28 heavy (non-hydrogen) atoms. The van der Waals surface area contributed by atoms with Gasteiger partial charge in [-0.1, -0.05) is 49.7 Å². The number of nitrogens with zero attached hydrogens (tertiary/aromatic N) is 1. The number of anilines is 2. The molecule has 4 nitrogen and oxygen atoms in total. The number of carbonyl (C=O) groups excluding carboxylic acids is 2. The van der Waals surface area contributed by atoms with Gasteiger partial charge in [-0.25, -0.2) is 4.79 Å². The molecule has 0 heterocycles. The van der Waals surface area contributed by atoms with Gasteiger partial charge in [0.25, 0.3) is 5.91 Å². The SMILES string of the molecule is CCCCOC(=O)c1ccc(C(=O)N(c2ccccc2)c2ccccc2)cc1. The van der Waals surface area contributed by atoms with Crippen molar-refractivity contribution in [1.82, 2.24) is 0 Å². The van der Waals surface area contributed by atoms with Crippen LogP contribution >= 0.6 is 0 Å². The van der Waals surface area contributed by atoms with Gasteiger partial charge in [0.05, 0.1) is 12.2 Å². The van der Waals surface area contributed by atoms with Gasteiger partial charge in [-0.15, -0.1) is 0 Å². The van der Waals surface area contributed by atoms with E-state index in [0.717, 1.165) is 24.2 Å². The first kappa shape index (κ1) is 19.4. The van der Waals surface area contributed by atoms with Crippen LogP contribution in [0.3, 0.4) is 0 Å². The van der Waals surface area contributed by atoms with E-state index in [4.69, 9.17) is 4.74 Å². The molecule has 0 saturated heterocycles. The molecule has 4 heteroatoms. The summed E-state index contributed by atoms with van der Waals surface area (Å²) in [5.41, 5.74) is 2.50. The molecule has 0 aliphatic heterocycles. The zero-order chi connectivity index (χ0) is 19.8. The minimum absolute atomic E-state index is 0.164. The number of hydrogen-bond acceptors (Lipinski definition) is 3. The van der Waals surface area contributed by atoms with Crippen LogP contribution in [0.1, 0.15) is 40.5 Å². The summed E-state index contributed by atoms with van der Waals surface area (Å²) in [5.74, 6) is -0.529. The first-order valence-corrected chi connectivity index (χ1v) is 9.42. The summed E-state index contributed by atoms with van der Waals surface area (Å²) in [6.45, 7) is 2.45. The van der Waals surface area contributed by atoms with Crippen molar-refractivity contribution in [2.45, 2.75) is 19.8 Å². The summed E-state index contributed by atoms with van der Waals surface area (Å²) in [6.07, 6.45) is 1.81. The van der Waals surface area contributed by atoms with E-state index in [1.807, 2.05) is 67.6 Å². The van der Waals surface area contributed by atoms with Gasteiger partial charge < -0.3 is 4.74 Å². The van der Waals surface area contributed by atoms with Crippen molar-refractivity contribution in [3.05, 3.63) is 96.1 Å². The largest absolute Gasteiger partial charge is 0.462 e. The second-order valence-electron chi connectivity index (χ2n) is 6.38. The maximum absolute atomic E-state index is 13.2. The lowest BCUT2D eigenvalue weighted by Crippen LogP contribution is -2.25. The first-order valence-electron chi connectivity index (χ1n) is 9.42. The van der Waals surface area contributed by atoms with E-state index in [1.165, 1.54) is 0 Å². The van der Waals surface area contributed by atoms with Crippen molar-refractivity contribution in [3.8, 4) is 0 Å². The number of para-hydroxylation sites is 2. The minimum atomic E-state index is -0.365. The number of carbonyl (C=O) groups is 2. The van der Waals surface area contributed by atoms with E-state index >= 15 is 0 Å². The van der Waals surface area contributed by atoms with E-state index in [0.29, 0.717) is 17.7 Å². The molecule has 0 unspecified atom stereocenters. The second-order valence-corrected chi connectivity index (χ2v) is 6.38. The molecule has 0 atom stereocenters. The quantitative estimate of drug-likeness (QED) is 0.399. The third-order valence-corrected chi connectivity index (χ3v) is 4.33. The molecule has 0 N–H and O–H groups in total. The predicted molar refractivity (Wildman–Crippen MR) is 111 cm³/mol. The molecule has 3 aromatic carbocycles. The van der Waals surface area contributed by atoms with Crippen molar-refractivity contribution < 1.29 is 14.3 Å². The minimum Gasteiger partial charge on any atom is -0.462 e. The number of rotatable bonds is 7. The highest BCUT2D eigenvalue weighted by Crippen LogP contribution is 2.27. The first-order chi connectivity index (χ1) is 13.7. The number of benzene rings is 3. The average molecular weight is 373 g/mol. The van der Waals surface area contributed by atoms with Gasteiger partial charge in [-0.05, 0) is 55.0 Å². The van der Waals surface area contributed by atoms with Crippen LogP contribution in [-0.2, 0) is 4.74 Å². The fraction of sp³-hybridized carbons (Fsp3) is 0.167. The maximum Gasteiger partial charge on any atom is 0.338 e. The number of unbranched alkanes of at least 4 members (excludes halogenated alkanes) is 1. The molecule has 3 aromatic rings. The van der Waals surface area contributed by atoms with Crippen LogP contribution in [0.25, 0.3) is 0 Å². The third-order valence-electron chi connectivity index (χ3n) is 4.33. The van der Waals surface area contributed by atoms with Crippen LogP contribution in [-0.4, -0.2) is 18.5 Å². The molecular formula is C24H23NO3. The summed E-state index contributed by atoms with van der Waals surface area (Å²) in [6, 6.07) is 25.6. The molecular weight excluding hydrogens is 350 g/mol. The lowest BCUT2D eigenvalue weighted by molar-refractivity contribution is 0.0499. The van der Waals surface area contributed by atoms with Crippen molar-refractivity contribution in [1.29, 1.82) is 0 Å². The van der Waals surface area contributed by atoms with Crippen LogP contribution in [0.15, 0.2) is 84.9 Å². The molecule has 0 aliphatic rings. The van der Waals surface area contributed by atoms with Gasteiger partial charge in [0, 0.05) is 16.9 Å². The fourth-order valence-corrected chi connectivity index (χ4v) is 2.81. The number of hydrogen-bond donors (Lipinski definition) is 0. The van der Waals surface area contributed by atoms with Crippen LogP contribution in [0, 0.1) is 0 Å². The van der Waals surface area contributed by atoms with Gasteiger partial charge in [0.1, 0.15) is 0 Å². The number of esters is 1. The van der Waals surface area contributed by atoms with E-state index in [2.05, 4.69) is 0 Å². The van der Waals surface area contributed by atoms with Crippen LogP contribution in [0.2, 0.25) is 0 Å². The van der Waals surface area contributed by atoms with E-state index in [-0.39, 0.29) is 11.9 Å². The molecule has 0 bridgehead atoms. The van der Waals surface area contributed by atoms with Gasteiger partial charge in [-0.3, -0.25) is 9.69 Å². The highest BCUT2D eigenvalue weighted by Gasteiger charge is 2.20. The molecule has 0 fully saturated rings. The number of amides is 1. The Morgan fingerprint density at radius 3 is 1.75 bits per heavy atom. The van der Waals surface area contributed by atoms with E-state index < -0.39 is 0 Å². The Balaban J connectivity index is 1.84. The Labute approximate surface area is 165 Å². The summed E-state index contributed by atoms with van der Waals surface area (Å²) in [4.78, 5) is 27.0. The van der Waals surface area contributed by atoms with Crippen molar-refractivity contribution in [2.24, 2.45) is 0 Å². The molecule has 0 aromatic heterocycles. The van der Waals surface area contributed by atoms with Gasteiger partial charge >= 0.3 is 5.97 Å². The normalized spacial score (nSPS) is 10.3. The zero-order valence-electron chi connectivity index (χ0n) is 15.9. The fourth-order valence-electron chi connectivity index (χ4n) is 2.81. The molecule has 0 spiro atoms. The van der Waals surface area contributed by atoms with Crippen molar-refractivity contribution in [3.63, 3.8) is 0 Å². The molecule has 0 aliphatic carbocycles. The maximum atomic E-state index is 13.2. The lowest BCUT2D eigenvalue weighted by atomic mass is 10.1. The lowest BCUT2D eigenvalue weighted by Gasteiger charge is -2.23. The molecule has 0 radical (unpaired) electrons. The highest BCUT2D eigenvalue weighted by molar-refractivity contribution is 6.11. The van der Waals surface area contributed by atoms with Gasteiger partial charge in [0.15, 0.2) is 0 Å². The third kappa shape index (κ3) is 4.65. The van der Waals surface area contributed by atoms with Crippen LogP contribution in [0.4, 0.5) is 11.4 Å². The average Bonchev–Trinajstić information content (AvgIpc) is 2.75.